The van der Waals surface area contributed by atoms with Crippen molar-refractivity contribution in [2.75, 3.05) is 11.4 Å². The molecule has 3 heterocycles. The molecule has 5 nitrogen and oxygen atoms in total. The Labute approximate surface area is 140 Å². The van der Waals surface area contributed by atoms with Crippen molar-refractivity contribution in [1.82, 2.24) is 4.98 Å². The van der Waals surface area contributed by atoms with E-state index in [4.69, 9.17) is 10.5 Å². The SMILES string of the molecule is CC[C@@]1(CCC(C)C)c2c(ncc(F)c2F)N(CC(N)=O)C2OC21. The van der Waals surface area contributed by atoms with Crippen LogP contribution in [0.1, 0.15) is 45.6 Å². The maximum atomic E-state index is 14.8. The zero-order valence-corrected chi connectivity index (χ0v) is 14.2. The molecular weight excluding hydrogens is 316 g/mol. The van der Waals surface area contributed by atoms with Crippen LogP contribution in [0.2, 0.25) is 0 Å². The molecule has 1 fully saturated rings. The van der Waals surface area contributed by atoms with Crippen LogP contribution in [-0.4, -0.2) is 29.8 Å². The first kappa shape index (κ1) is 17.1. The molecule has 2 N–H and O–H groups in total. The lowest BCUT2D eigenvalue weighted by atomic mass is 9.68. The molecule has 1 amide bonds. The van der Waals surface area contributed by atoms with E-state index in [2.05, 4.69) is 18.8 Å². The maximum Gasteiger partial charge on any atom is 0.237 e. The topological polar surface area (TPSA) is 71.8 Å². The van der Waals surface area contributed by atoms with Gasteiger partial charge in [-0.05, 0) is 18.8 Å². The number of halogens is 2. The summed E-state index contributed by atoms with van der Waals surface area (Å²) in [7, 11) is 0. The third kappa shape index (κ3) is 2.55. The number of carbonyl (C=O) groups is 1. The van der Waals surface area contributed by atoms with Crippen LogP contribution >= 0.6 is 0 Å². The van der Waals surface area contributed by atoms with Crippen molar-refractivity contribution in [1.29, 1.82) is 0 Å². The smallest absolute Gasteiger partial charge is 0.237 e. The van der Waals surface area contributed by atoms with E-state index in [1.54, 1.807) is 4.90 Å². The molecule has 3 rings (SSSR count). The fourth-order valence-electron chi connectivity index (χ4n) is 3.82. The highest BCUT2D eigenvalue weighted by atomic mass is 19.2. The number of amides is 1. The van der Waals surface area contributed by atoms with Gasteiger partial charge in [0.1, 0.15) is 18.5 Å². The Morgan fingerprint density at radius 1 is 1.50 bits per heavy atom. The fourth-order valence-corrected chi connectivity index (χ4v) is 3.82. The predicted molar refractivity (Wildman–Crippen MR) is 85.4 cm³/mol. The largest absolute Gasteiger partial charge is 0.368 e. The van der Waals surface area contributed by atoms with Gasteiger partial charge in [0.2, 0.25) is 5.91 Å². The van der Waals surface area contributed by atoms with Crippen LogP contribution in [0.3, 0.4) is 0 Å². The number of hydrogen-bond donors (Lipinski definition) is 1. The van der Waals surface area contributed by atoms with Gasteiger partial charge in [-0.25, -0.2) is 13.8 Å². The van der Waals surface area contributed by atoms with Crippen molar-refractivity contribution in [2.45, 2.75) is 57.8 Å². The first-order chi connectivity index (χ1) is 11.3. The standard InChI is InChI=1S/C17H23F2N3O2/c1-4-17(6-5-9(2)3)12-13(19)10(18)7-21-15(12)22(8-11(20)23)16-14(17)24-16/h7,9,14,16H,4-6,8H2,1-3H3,(H2,20,23)/t14?,16?,17-/m1/s1. The van der Waals surface area contributed by atoms with Gasteiger partial charge in [0.05, 0.1) is 6.20 Å². The average Bonchev–Trinajstić information content (AvgIpc) is 3.31. The van der Waals surface area contributed by atoms with Crippen LogP contribution in [0, 0.1) is 17.6 Å². The number of anilines is 1. The third-order valence-electron chi connectivity index (χ3n) is 5.17. The third-order valence-corrected chi connectivity index (χ3v) is 5.17. The molecule has 1 aromatic heterocycles. The first-order valence-electron chi connectivity index (χ1n) is 8.36. The van der Waals surface area contributed by atoms with Crippen LogP contribution in [-0.2, 0) is 14.9 Å². The quantitative estimate of drug-likeness (QED) is 0.808. The zero-order valence-electron chi connectivity index (χ0n) is 14.2. The van der Waals surface area contributed by atoms with Gasteiger partial charge in [0.25, 0.3) is 0 Å². The summed E-state index contributed by atoms with van der Waals surface area (Å²) in [5.74, 6) is -1.73. The van der Waals surface area contributed by atoms with Gasteiger partial charge in [-0.2, -0.15) is 0 Å². The van der Waals surface area contributed by atoms with E-state index in [0.29, 0.717) is 18.8 Å². The van der Waals surface area contributed by atoms with Crippen LogP contribution in [0.15, 0.2) is 6.20 Å². The molecule has 0 spiro atoms. The second-order valence-electron chi connectivity index (χ2n) is 7.10. The summed E-state index contributed by atoms with van der Waals surface area (Å²) in [4.78, 5) is 17.0. The number of fused-ring (bicyclic) bond motifs is 2. The minimum atomic E-state index is -0.978. The molecule has 0 aromatic carbocycles. The second kappa shape index (κ2) is 5.95. The van der Waals surface area contributed by atoms with Crippen molar-refractivity contribution in [3.63, 3.8) is 0 Å². The van der Waals surface area contributed by atoms with Crippen molar-refractivity contribution in [3.05, 3.63) is 23.4 Å². The van der Waals surface area contributed by atoms with E-state index in [1.165, 1.54) is 0 Å². The van der Waals surface area contributed by atoms with Crippen molar-refractivity contribution >= 4 is 11.7 Å². The van der Waals surface area contributed by atoms with E-state index in [1.807, 2.05) is 6.92 Å². The van der Waals surface area contributed by atoms with Crippen molar-refractivity contribution in [2.24, 2.45) is 11.7 Å². The van der Waals surface area contributed by atoms with E-state index >= 15 is 0 Å². The Morgan fingerprint density at radius 2 is 2.21 bits per heavy atom. The molecule has 132 valence electrons. The molecule has 24 heavy (non-hydrogen) atoms. The lowest BCUT2D eigenvalue weighted by molar-refractivity contribution is -0.116. The van der Waals surface area contributed by atoms with E-state index in [9.17, 15) is 13.6 Å². The van der Waals surface area contributed by atoms with E-state index in [-0.39, 0.29) is 30.3 Å². The Bertz CT molecular complexity index is 667. The highest BCUT2D eigenvalue weighted by molar-refractivity contribution is 5.80. The lowest BCUT2D eigenvalue weighted by Crippen LogP contribution is -2.48. The summed E-state index contributed by atoms with van der Waals surface area (Å²) < 4.78 is 34.5. The van der Waals surface area contributed by atoms with Gasteiger partial charge < -0.3 is 15.4 Å². The zero-order chi connectivity index (χ0) is 17.6. The molecule has 0 radical (unpaired) electrons. The number of primary amides is 1. The highest BCUT2D eigenvalue weighted by Crippen LogP contribution is 2.56. The van der Waals surface area contributed by atoms with Crippen LogP contribution < -0.4 is 10.6 Å². The maximum absolute atomic E-state index is 14.8. The van der Waals surface area contributed by atoms with Gasteiger partial charge in [0, 0.05) is 11.0 Å². The Morgan fingerprint density at radius 3 is 2.79 bits per heavy atom. The van der Waals surface area contributed by atoms with Crippen LogP contribution in [0.25, 0.3) is 0 Å². The molecule has 0 saturated carbocycles. The number of rotatable bonds is 6. The number of carbonyl (C=O) groups excluding carboxylic acids is 1. The van der Waals surface area contributed by atoms with Crippen LogP contribution in [0.4, 0.5) is 14.6 Å². The number of nitrogens with zero attached hydrogens (tertiary/aromatic N) is 2. The molecule has 2 aliphatic heterocycles. The lowest BCUT2D eigenvalue weighted by Gasteiger charge is -2.40. The minimum absolute atomic E-state index is 0.129. The number of aromatic nitrogens is 1. The van der Waals surface area contributed by atoms with Gasteiger partial charge in [-0.3, -0.25) is 4.79 Å². The summed E-state index contributed by atoms with van der Waals surface area (Å²) in [6.07, 6.45) is 2.39. The Kier molecular flexibility index (Phi) is 4.23. The number of ether oxygens (including phenoxy) is 1. The summed E-state index contributed by atoms with van der Waals surface area (Å²) in [6.45, 7) is 6.02. The normalized spacial score (nSPS) is 27.8. The molecule has 2 aliphatic rings. The Balaban J connectivity index is 2.12. The van der Waals surface area contributed by atoms with Gasteiger partial charge in [-0.1, -0.05) is 27.2 Å². The molecule has 0 bridgehead atoms. The summed E-state index contributed by atoms with van der Waals surface area (Å²) in [6, 6.07) is 0. The second-order valence-corrected chi connectivity index (χ2v) is 7.10. The number of pyridine rings is 1. The van der Waals surface area contributed by atoms with Crippen molar-refractivity contribution in [3.8, 4) is 0 Å². The minimum Gasteiger partial charge on any atom is -0.368 e. The van der Waals surface area contributed by atoms with Crippen molar-refractivity contribution < 1.29 is 18.3 Å². The molecule has 1 aromatic rings. The van der Waals surface area contributed by atoms with Gasteiger partial charge in [-0.15, -0.1) is 0 Å². The molecule has 1 saturated heterocycles. The summed E-state index contributed by atoms with van der Waals surface area (Å²) >= 11 is 0. The summed E-state index contributed by atoms with van der Waals surface area (Å²) in [5.41, 5.74) is 4.90. The molecule has 0 aliphatic carbocycles. The summed E-state index contributed by atoms with van der Waals surface area (Å²) in [5, 5.41) is 0. The highest BCUT2D eigenvalue weighted by Gasteiger charge is 2.63. The number of nitrogens with two attached hydrogens (primary N) is 1. The predicted octanol–water partition coefficient (Wildman–Crippen LogP) is 2.47. The monoisotopic (exact) mass is 339 g/mol. The molecule has 2 unspecified atom stereocenters. The van der Waals surface area contributed by atoms with Gasteiger partial charge in [0.15, 0.2) is 17.9 Å². The Hall–Kier alpha value is -1.76. The van der Waals surface area contributed by atoms with Gasteiger partial charge >= 0.3 is 0 Å². The van der Waals surface area contributed by atoms with Crippen LogP contribution in [0.5, 0.6) is 0 Å². The molecule has 7 heteroatoms. The average molecular weight is 339 g/mol. The van der Waals surface area contributed by atoms with E-state index < -0.39 is 23.0 Å². The van der Waals surface area contributed by atoms with E-state index in [0.717, 1.165) is 12.6 Å². The number of epoxide rings is 1. The molecular formula is C17H23F2N3O2. The molecule has 3 atom stereocenters. The number of hydrogen-bond acceptors (Lipinski definition) is 4. The fraction of sp³-hybridized carbons (Fsp3) is 0.647. The first-order valence-corrected chi connectivity index (χ1v) is 8.36.